The molecule has 2 aromatic rings. The smallest absolute Gasteiger partial charge is 0.343 e. The summed E-state index contributed by atoms with van der Waals surface area (Å²) >= 11 is 0. The number of carbonyl (C=O) groups excluding carboxylic acids is 1. The van der Waals surface area contributed by atoms with E-state index in [2.05, 4.69) is 6.92 Å². The molecule has 4 heteroatoms. The fraction of sp³-hybridized carbons (Fsp3) is 0.350. The van der Waals surface area contributed by atoms with E-state index in [1.165, 1.54) is 25.3 Å². The van der Waals surface area contributed by atoms with Gasteiger partial charge in [-0.15, -0.1) is 0 Å². The Labute approximate surface area is 143 Å². The van der Waals surface area contributed by atoms with Crippen molar-refractivity contribution in [2.75, 3.05) is 6.61 Å². The molecule has 0 radical (unpaired) electrons. The van der Waals surface area contributed by atoms with Crippen molar-refractivity contribution in [3.63, 3.8) is 0 Å². The molecule has 0 spiro atoms. The second kappa shape index (κ2) is 8.96. The van der Waals surface area contributed by atoms with Gasteiger partial charge in [0.1, 0.15) is 17.2 Å². The first kappa shape index (κ1) is 17.9. The molecule has 2 aromatic carbocycles. The van der Waals surface area contributed by atoms with Crippen LogP contribution in [0, 0.1) is 6.92 Å². The lowest BCUT2D eigenvalue weighted by Crippen LogP contribution is -2.08. The number of carbonyl (C=O) groups is 1. The van der Waals surface area contributed by atoms with E-state index in [0.717, 1.165) is 12.2 Å². The monoisotopic (exact) mass is 328 g/mol. The molecule has 0 aliphatic carbocycles. The largest absolute Gasteiger partial charge is 0.508 e. The Morgan fingerprint density at radius 2 is 1.71 bits per heavy atom. The molecule has 0 unspecified atom stereocenters. The third-order valence-electron chi connectivity index (χ3n) is 3.74. The molecule has 0 saturated heterocycles. The fourth-order valence-corrected chi connectivity index (χ4v) is 2.26. The van der Waals surface area contributed by atoms with Gasteiger partial charge < -0.3 is 14.6 Å². The normalized spacial score (nSPS) is 10.4. The highest BCUT2D eigenvalue weighted by atomic mass is 16.5. The molecule has 2 rings (SSSR count). The van der Waals surface area contributed by atoms with Crippen molar-refractivity contribution in [1.29, 1.82) is 0 Å². The van der Waals surface area contributed by atoms with Crippen LogP contribution in [0.15, 0.2) is 42.5 Å². The molecule has 0 aromatic heterocycles. The molecule has 0 bridgehead atoms. The zero-order valence-corrected chi connectivity index (χ0v) is 14.2. The van der Waals surface area contributed by atoms with Crippen LogP contribution >= 0.6 is 0 Å². The molecule has 0 atom stereocenters. The van der Waals surface area contributed by atoms with Gasteiger partial charge in [0.25, 0.3) is 0 Å². The summed E-state index contributed by atoms with van der Waals surface area (Å²) in [4.78, 5) is 12.1. The maximum absolute atomic E-state index is 12.1. The number of esters is 1. The fourth-order valence-electron chi connectivity index (χ4n) is 2.26. The molecule has 0 aliphatic rings. The number of hydrogen-bond donors (Lipinski definition) is 1. The van der Waals surface area contributed by atoms with Crippen LogP contribution in [-0.2, 0) is 0 Å². The van der Waals surface area contributed by atoms with Crippen LogP contribution in [0.1, 0.15) is 48.5 Å². The molecule has 0 heterocycles. The number of rotatable bonds is 8. The van der Waals surface area contributed by atoms with E-state index in [0.29, 0.717) is 23.5 Å². The van der Waals surface area contributed by atoms with E-state index in [1.54, 1.807) is 43.3 Å². The summed E-state index contributed by atoms with van der Waals surface area (Å²) in [6.07, 6.45) is 4.65. The van der Waals surface area contributed by atoms with E-state index in [1.807, 2.05) is 0 Å². The topological polar surface area (TPSA) is 55.8 Å². The van der Waals surface area contributed by atoms with Crippen LogP contribution in [-0.4, -0.2) is 17.7 Å². The van der Waals surface area contributed by atoms with Crippen molar-refractivity contribution in [2.24, 2.45) is 0 Å². The number of aryl methyl sites for hydroxylation is 1. The van der Waals surface area contributed by atoms with Crippen LogP contribution in [0.4, 0.5) is 0 Å². The number of phenols is 1. The molecule has 0 fully saturated rings. The number of benzene rings is 2. The van der Waals surface area contributed by atoms with Gasteiger partial charge >= 0.3 is 5.97 Å². The van der Waals surface area contributed by atoms with Crippen molar-refractivity contribution in [2.45, 2.75) is 39.5 Å². The van der Waals surface area contributed by atoms with Crippen molar-refractivity contribution < 1.29 is 19.4 Å². The minimum atomic E-state index is -0.436. The Hall–Kier alpha value is -2.49. The van der Waals surface area contributed by atoms with Crippen LogP contribution in [0.5, 0.6) is 17.2 Å². The van der Waals surface area contributed by atoms with Gasteiger partial charge in [0.05, 0.1) is 12.2 Å². The predicted molar refractivity (Wildman–Crippen MR) is 93.9 cm³/mol. The first-order valence-corrected chi connectivity index (χ1v) is 8.35. The summed E-state index contributed by atoms with van der Waals surface area (Å²) in [5.74, 6) is 0.903. The second-order valence-corrected chi connectivity index (χ2v) is 5.77. The van der Waals surface area contributed by atoms with Crippen molar-refractivity contribution in [3.05, 3.63) is 53.6 Å². The van der Waals surface area contributed by atoms with E-state index in [4.69, 9.17) is 9.47 Å². The lowest BCUT2D eigenvalue weighted by molar-refractivity contribution is 0.0734. The zero-order valence-electron chi connectivity index (χ0n) is 14.2. The van der Waals surface area contributed by atoms with Gasteiger partial charge in [0.15, 0.2) is 0 Å². The van der Waals surface area contributed by atoms with Crippen LogP contribution in [0.3, 0.4) is 0 Å². The Bertz CT molecular complexity index is 662. The zero-order chi connectivity index (χ0) is 17.4. The Morgan fingerprint density at radius 1 is 1.00 bits per heavy atom. The van der Waals surface area contributed by atoms with Gasteiger partial charge in [-0.2, -0.15) is 0 Å². The Morgan fingerprint density at radius 3 is 2.38 bits per heavy atom. The van der Waals surface area contributed by atoms with Gasteiger partial charge in [-0.3, -0.25) is 0 Å². The van der Waals surface area contributed by atoms with Gasteiger partial charge in [-0.1, -0.05) is 26.2 Å². The average Bonchev–Trinajstić information content (AvgIpc) is 2.58. The number of hydrogen-bond acceptors (Lipinski definition) is 4. The molecule has 128 valence electrons. The summed E-state index contributed by atoms with van der Waals surface area (Å²) < 4.78 is 11.0. The predicted octanol–water partition coefficient (Wildman–Crippen LogP) is 4.88. The van der Waals surface area contributed by atoms with Crippen LogP contribution in [0.25, 0.3) is 0 Å². The Balaban J connectivity index is 1.87. The molecule has 1 N–H and O–H groups in total. The van der Waals surface area contributed by atoms with E-state index in [9.17, 15) is 9.90 Å². The lowest BCUT2D eigenvalue weighted by Gasteiger charge is -2.08. The first-order chi connectivity index (χ1) is 11.6. The number of phenolic OH excluding ortho intramolecular Hbond substituents is 1. The van der Waals surface area contributed by atoms with E-state index >= 15 is 0 Å². The SMILES string of the molecule is CCCCCCOc1ccc(C(=O)Oc2ccc(O)c(C)c2)cc1. The van der Waals surface area contributed by atoms with Gasteiger partial charge in [0.2, 0.25) is 0 Å². The molecule has 0 aliphatic heterocycles. The third-order valence-corrected chi connectivity index (χ3v) is 3.74. The highest BCUT2D eigenvalue weighted by molar-refractivity contribution is 5.91. The second-order valence-electron chi connectivity index (χ2n) is 5.77. The Kier molecular flexibility index (Phi) is 6.67. The summed E-state index contributed by atoms with van der Waals surface area (Å²) in [5.41, 5.74) is 1.12. The molecule has 0 saturated carbocycles. The van der Waals surface area contributed by atoms with Gasteiger partial charge in [-0.05, 0) is 61.4 Å². The maximum atomic E-state index is 12.1. The summed E-state index contributed by atoms with van der Waals surface area (Å²) in [6.45, 7) is 4.62. The van der Waals surface area contributed by atoms with Crippen molar-refractivity contribution in [3.8, 4) is 17.2 Å². The van der Waals surface area contributed by atoms with Crippen LogP contribution in [0.2, 0.25) is 0 Å². The minimum Gasteiger partial charge on any atom is -0.508 e. The number of aromatic hydroxyl groups is 1. The molecule has 24 heavy (non-hydrogen) atoms. The number of unbranched alkanes of at least 4 members (excludes halogenated alkanes) is 3. The summed E-state index contributed by atoms with van der Waals surface area (Å²) in [6, 6.07) is 11.6. The highest BCUT2D eigenvalue weighted by Crippen LogP contribution is 2.23. The van der Waals surface area contributed by atoms with E-state index in [-0.39, 0.29) is 5.75 Å². The van der Waals surface area contributed by atoms with Crippen molar-refractivity contribution >= 4 is 5.97 Å². The van der Waals surface area contributed by atoms with E-state index < -0.39 is 5.97 Å². The lowest BCUT2D eigenvalue weighted by atomic mass is 10.2. The highest BCUT2D eigenvalue weighted by Gasteiger charge is 2.09. The summed E-state index contributed by atoms with van der Waals surface area (Å²) in [5, 5.41) is 9.49. The maximum Gasteiger partial charge on any atom is 0.343 e. The average molecular weight is 328 g/mol. The summed E-state index contributed by atoms with van der Waals surface area (Å²) in [7, 11) is 0. The number of ether oxygens (including phenoxy) is 2. The molecular weight excluding hydrogens is 304 g/mol. The van der Waals surface area contributed by atoms with Gasteiger partial charge in [-0.25, -0.2) is 4.79 Å². The standard InChI is InChI=1S/C20H24O4/c1-3-4-5-6-13-23-17-9-7-16(8-10-17)20(22)24-18-11-12-19(21)15(2)14-18/h7-12,14,21H,3-6,13H2,1-2H3. The molecule has 0 amide bonds. The first-order valence-electron chi connectivity index (χ1n) is 8.35. The van der Waals surface area contributed by atoms with Gasteiger partial charge in [0, 0.05) is 0 Å². The molecule has 4 nitrogen and oxygen atoms in total. The minimum absolute atomic E-state index is 0.176. The molecular formula is C20H24O4. The quantitative estimate of drug-likeness (QED) is 0.426. The third kappa shape index (κ3) is 5.30. The van der Waals surface area contributed by atoms with Crippen molar-refractivity contribution in [1.82, 2.24) is 0 Å². The van der Waals surface area contributed by atoms with Crippen LogP contribution < -0.4 is 9.47 Å².